The van der Waals surface area contributed by atoms with Crippen LogP contribution >= 0.6 is 24.0 Å². The zero-order chi connectivity index (χ0) is 14.4. The normalized spacial score (nSPS) is 10.1. The minimum absolute atomic E-state index is 0.152. The fraction of sp³-hybridized carbons (Fsp3) is 0.154. The second-order valence-electron chi connectivity index (χ2n) is 3.87. The molecule has 0 unspecified atom stereocenters. The molecule has 0 radical (unpaired) electrons. The molecule has 2 rings (SSSR count). The van der Waals surface area contributed by atoms with Gasteiger partial charge in [-0.1, -0.05) is 18.2 Å². The predicted molar refractivity (Wildman–Crippen MR) is 85.4 cm³/mol. The number of thioether (sulfide) groups is 1. The Labute approximate surface area is 126 Å². The number of nitrogens with zero attached hydrogens (tertiary/aromatic N) is 1. The van der Waals surface area contributed by atoms with E-state index in [9.17, 15) is 4.79 Å². The number of hydrogen-bond acceptors (Lipinski definition) is 4. The maximum atomic E-state index is 11.7. The monoisotopic (exact) mass is 306 g/mol. The van der Waals surface area contributed by atoms with Gasteiger partial charge in [0.25, 0.3) is 0 Å². The minimum Gasteiger partial charge on any atom is -0.364 e. The third kappa shape index (κ3) is 3.82. The average Bonchev–Trinajstić information content (AvgIpc) is 2.50. The summed E-state index contributed by atoms with van der Waals surface area (Å²) in [6, 6.07) is 9.81. The van der Waals surface area contributed by atoms with E-state index in [0.29, 0.717) is 5.11 Å². The van der Waals surface area contributed by atoms with Crippen molar-refractivity contribution in [2.24, 2.45) is 0 Å². The van der Waals surface area contributed by atoms with Crippen LogP contribution in [0.3, 0.4) is 0 Å². The maximum Gasteiger partial charge on any atom is 0.248 e. The SMILES string of the molecule is CNC(=S)NNC(=O)CSc1cccc2cccnc12. The van der Waals surface area contributed by atoms with Gasteiger partial charge in [-0.3, -0.25) is 20.6 Å². The van der Waals surface area contributed by atoms with Crippen molar-refractivity contribution in [1.29, 1.82) is 0 Å². The van der Waals surface area contributed by atoms with E-state index in [1.807, 2.05) is 30.3 Å². The number of nitrogens with one attached hydrogen (secondary N) is 3. The Morgan fingerprint density at radius 1 is 1.30 bits per heavy atom. The number of carbonyl (C=O) groups excluding carboxylic acids is 1. The zero-order valence-electron chi connectivity index (χ0n) is 10.8. The van der Waals surface area contributed by atoms with Gasteiger partial charge in [0.1, 0.15) is 0 Å². The standard InChI is InChI=1S/C13H14N4OS2/c1-14-13(19)17-16-11(18)8-20-10-6-2-4-9-5-3-7-15-12(9)10/h2-7H,8H2,1H3,(H,16,18)(H2,14,17,19). The molecule has 0 fully saturated rings. The molecule has 0 aliphatic carbocycles. The minimum atomic E-state index is -0.152. The highest BCUT2D eigenvalue weighted by Crippen LogP contribution is 2.25. The van der Waals surface area contributed by atoms with Gasteiger partial charge in [-0.05, 0) is 24.4 Å². The van der Waals surface area contributed by atoms with Gasteiger partial charge in [0, 0.05) is 23.5 Å². The Bertz CT molecular complexity index is 627. The second kappa shape index (κ2) is 7.06. The lowest BCUT2D eigenvalue weighted by Gasteiger charge is -2.09. The van der Waals surface area contributed by atoms with Gasteiger partial charge in [0.2, 0.25) is 5.91 Å². The Hall–Kier alpha value is -1.86. The van der Waals surface area contributed by atoms with Crippen molar-refractivity contribution in [3.8, 4) is 0 Å². The van der Waals surface area contributed by atoms with Crippen LogP contribution in [0, 0.1) is 0 Å². The number of pyridine rings is 1. The van der Waals surface area contributed by atoms with Crippen LogP contribution in [0.1, 0.15) is 0 Å². The lowest BCUT2D eigenvalue weighted by molar-refractivity contribution is -0.119. The van der Waals surface area contributed by atoms with E-state index in [-0.39, 0.29) is 11.7 Å². The average molecular weight is 306 g/mol. The van der Waals surface area contributed by atoms with Gasteiger partial charge in [0.05, 0.1) is 11.3 Å². The molecule has 1 aromatic carbocycles. The van der Waals surface area contributed by atoms with E-state index in [4.69, 9.17) is 12.2 Å². The van der Waals surface area contributed by atoms with Gasteiger partial charge in [-0.15, -0.1) is 11.8 Å². The number of hydrogen-bond donors (Lipinski definition) is 3. The van der Waals surface area contributed by atoms with Crippen molar-refractivity contribution in [2.75, 3.05) is 12.8 Å². The molecule has 5 nitrogen and oxygen atoms in total. The third-order valence-corrected chi connectivity index (χ3v) is 3.85. The van der Waals surface area contributed by atoms with Crippen molar-refractivity contribution in [1.82, 2.24) is 21.2 Å². The molecule has 1 amide bonds. The summed E-state index contributed by atoms with van der Waals surface area (Å²) in [5.74, 6) is 0.134. The lowest BCUT2D eigenvalue weighted by atomic mass is 10.2. The van der Waals surface area contributed by atoms with Crippen molar-refractivity contribution < 1.29 is 4.79 Å². The molecule has 20 heavy (non-hydrogen) atoms. The first-order chi connectivity index (χ1) is 9.70. The zero-order valence-corrected chi connectivity index (χ0v) is 12.5. The first-order valence-corrected chi connectivity index (χ1v) is 7.33. The number of thiocarbonyl (C=S) groups is 1. The molecule has 104 valence electrons. The number of fused-ring (bicyclic) bond motifs is 1. The fourth-order valence-corrected chi connectivity index (χ4v) is 2.45. The second-order valence-corrected chi connectivity index (χ2v) is 5.30. The molecule has 0 bridgehead atoms. The van der Waals surface area contributed by atoms with Gasteiger partial charge in [0.15, 0.2) is 5.11 Å². The molecule has 2 aromatic rings. The smallest absolute Gasteiger partial charge is 0.248 e. The van der Waals surface area contributed by atoms with Crippen molar-refractivity contribution in [3.63, 3.8) is 0 Å². The summed E-state index contributed by atoms with van der Waals surface area (Å²) in [7, 11) is 1.68. The number of amides is 1. The number of rotatable bonds is 3. The van der Waals surface area contributed by atoms with Crippen LogP contribution in [0.15, 0.2) is 41.4 Å². The van der Waals surface area contributed by atoms with Gasteiger partial charge in [-0.25, -0.2) is 0 Å². The summed E-state index contributed by atoms with van der Waals surface area (Å²) in [5.41, 5.74) is 6.02. The van der Waals surface area contributed by atoms with Crippen LogP contribution in [0.2, 0.25) is 0 Å². The largest absolute Gasteiger partial charge is 0.364 e. The third-order valence-electron chi connectivity index (χ3n) is 2.50. The van der Waals surface area contributed by atoms with Crippen molar-refractivity contribution in [3.05, 3.63) is 36.5 Å². The highest BCUT2D eigenvalue weighted by molar-refractivity contribution is 8.00. The molecular formula is C13H14N4OS2. The van der Waals surface area contributed by atoms with Crippen LogP contribution in [0.25, 0.3) is 10.9 Å². The maximum absolute atomic E-state index is 11.7. The Morgan fingerprint density at radius 2 is 2.10 bits per heavy atom. The summed E-state index contributed by atoms with van der Waals surface area (Å²) in [6.07, 6.45) is 1.75. The molecule has 0 saturated heterocycles. The molecule has 3 N–H and O–H groups in total. The number of aromatic nitrogens is 1. The van der Waals surface area contributed by atoms with Crippen LogP contribution < -0.4 is 16.2 Å². The number of benzene rings is 1. The summed E-state index contributed by atoms with van der Waals surface area (Å²) in [6.45, 7) is 0. The van der Waals surface area contributed by atoms with Crippen molar-refractivity contribution in [2.45, 2.75) is 4.90 Å². The van der Waals surface area contributed by atoms with Crippen LogP contribution in [0.5, 0.6) is 0 Å². The first kappa shape index (κ1) is 14.5. The molecule has 0 aliphatic heterocycles. The predicted octanol–water partition coefficient (Wildman–Crippen LogP) is 1.45. The van der Waals surface area contributed by atoms with E-state index in [0.717, 1.165) is 15.8 Å². The number of para-hydroxylation sites is 1. The highest BCUT2D eigenvalue weighted by atomic mass is 32.2. The van der Waals surface area contributed by atoms with E-state index in [1.54, 1.807) is 13.2 Å². The number of carbonyl (C=O) groups is 1. The lowest BCUT2D eigenvalue weighted by Crippen LogP contribution is -2.46. The Balaban J connectivity index is 1.96. The van der Waals surface area contributed by atoms with E-state index < -0.39 is 0 Å². The molecule has 7 heteroatoms. The molecule has 1 heterocycles. The molecule has 0 atom stereocenters. The highest BCUT2D eigenvalue weighted by Gasteiger charge is 2.06. The van der Waals surface area contributed by atoms with Crippen LogP contribution in [0.4, 0.5) is 0 Å². The summed E-state index contributed by atoms with van der Waals surface area (Å²) in [5, 5.41) is 4.14. The molecule has 0 spiro atoms. The van der Waals surface area contributed by atoms with E-state index in [2.05, 4.69) is 21.2 Å². The quantitative estimate of drug-likeness (QED) is 0.453. The van der Waals surface area contributed by atoms with Crippen molar-refractivity contribution >= 4 is 45.9 Å². The van der Waals surface area contributed by atoms with Crippen LogP contribution in [-0.2, 0) is 4.79 Å². The molecule has 0 aliphatic rings. The summed E-state index contributed by atoms with van der Waals surface area (Å²) in [4.78, 5) is 17.0. The van der Waals surface area contributed by atoms with Gasteiger partial charge < -0.3 is 5.32 Å². The van der Waals surface area contributed by atoms with Crippen LogP contribution in [-0.4, -0.2) is 28.8 Å². The van der Waals surface area contributed by atoms with Gasteiger partial charge in [-0.2, -0.15) is 0 Å². The van der Waals surface area contributed by atoms with E-state index in [1.165, 1.54) is 11.8 Å². The van der Waals surface area contributed by atoms with E-state index >= 15 is 0 Å². The first-order valence-electron chi connectivity index (χ1n) is 5.94. The topological polar surface area (TPSA) is 66.0 Å². The fourth-order valence-electron chi connectivity index (χ4n) is 1.56. The Kier molecular flexibility index (Phi) is 5.14. The summed E-state index contributed by atoms with van der Waals surface area (Å²) >= 11 is 6.30. The summed E-state index contributed by atoms with van der Waals surface area (Å²) < 4.78 is 0. The number of hydrazine groups is 1. The van der Waals surface area contributed by atoms with Gasteiger partial charge >= 0.3 is 0 Å². The molecule has 1 aromatic heterocycles. The Morgan fingerprint density at radius 3 is 2.90 bits per heavy atom. The molecule has 0 saturated carbocycles. The molecular weight excluding hydrogens is 292 g/mol.